The maximum absolute atomic E-state index is 4.01. The number of aromatic nitrogens is 2. The van der Waals surface area contributed by atoms with E-state index in [1.807, 2.05) is 13.1 Å². The summed E-state index contributed by atoms with van der Waals surface area (Å²) in [7, 11) is 0. The largest absolute Gasteiger partial charge is 0.158 e. The first-order valence-corrected chi connectivity index (χ1v) is 4.52. The monoisotopic (exact) mass is 172 g/mol. The Morgan fingerprint density at radius 1 is 1.31 bits per heavy atom. The Bertz CT molecular complexity index is 435. The molecule has 0 saturated carbocycles. The van der Waals surface area contributed by atoms with Gasteiger partial charge in [0.2, 0.25) is 0 Å². The molecule has 2 nitrogen and oxygen atoms in total. The van der Waals surface area contributed by atoms with Crippen LogP contribution in [0.4, 0.5) is 0 Å². The van der Waals surface area contributed by atoms with Gasteiger partial charge in [-0.25, -0.2) is 0 Å². The summed E-state index contributed by atoms with van der Waals surface area (Å²) < 4.78 is 0. The van der Waals surface area contributed by atoms with E-state index in [4.69, 9.17) is 0 Å². The van der Waals surface area contributed by atoms with Crippen molar-refractivity contribution in [2.24, 2.45) is 0 Å². The third-order valence-electron chi connectivity index (χ3n) is 2.32. The molecule has 66 valence electrons. The van der Waals surface area contributed by atoms with Crippen molar-refractivity contribution in [1.29, 1.82) is 0 Å². The molecule has 0 aliphatic heterocycles. The second-order valence-corrected chi connectivity index (χ2v) is 3.21. The van der Waals surface area contributed by atoms with Gasteiger partial charge in [-0.3, -0.25) is 0 Å². The lowest BCUT2D eigenvalue weighted by molar-refractivity contribution is 1.00. The topological polar surface area (TPSA) is 25.8 Å². The van der Waals surface area contributed by atoms with Gasteiger partial charge >= 0.3 is 0 Å². The second kappa shape index (κ2) is 3.13. The molecule has 2 aromatic rings. The summed E-state index contributed by atoms with van der Waals surface area (Å²) in [5.74, 6) is 0. The molecule has 0 saturated heterocycles. The molecule has 0 spiro atoms. The van der Waals surface area contributed by atoms with E-state index in [1.165, 1.54) is 16.3 Å². The molecule has 1 heterocycles. The first-order chi connectivity index (χ1) is 6.31. The van der Waals surface area contributed by atoms with E-state index in [-0.39, 0.29) is 0 Å². The van der Waals surface area contributed by atoms with Crippen LogP contribution in [0.3, 0.4) is 0 Å². The normalized spacial score (nSPS) is 10.6. The fourth-order valence-electron chi connectivity index (χ4n) is 1.50. The molecule has 0 unspecified atom stereocenters. The van der Waals surface area contributed by atoms with Crippen LogP contribution in [0.15, 0.2) is 24.4 Å². The zero-order valence-corrected chi connectivity index (χ0v) is 7.91. The summed E-state index contributed by atoms with van der Waals surface area (Å²) in [6.45, 7) is 4.14. The van der Waals surface area contributed by atoms with E-state index in [0.29, 0.717) is 0 Å². The Hall–Kier alpha value is -1.44. The number of aryl methyl sites for hydroxylation is 2. The lowest BCUT2D eigenvalue weighted by Crippen LogP contribution is -1.88. The Morgan fingerprint density at radius 2 is 2.15 bits per heavy atom. The van der Waals surface area contributed by atoms with E-state index in [9.17, 15) is 0 Å². The van der Waals surface area contributed by atoms with Crippen molar-refractivity contribution < 1.29 is 0 Å². The van der Waals surface area contributed by atoms with Crippen LogP contribution < -0.4 is 0 Å². The average Bonchev–Trinajstić information content (AvgIpc) is 2.18. The molecular weight excluding hydrogens is 160 g/mol. The van der Waals surface area contributed by atoms with E-state index in [2.05, 4.69) is 35.3 Å². The molecule has 13 heavy (non-hydrogen) atoms. The fourth-order valence-corrected chi connectivity index (χ4v) is 1.50. The first-order valence-electron chi connectivity index (χ1n) is 4.52. The zero-order chi connectivity index (χ0) is 9.26. The minimum absolute atomic E-state index is 1.00. The molecule has 0 aliphatic rings. The molecule has 0 aliphatic carbocycles. The van der Waals surface area contributed by atoms with Crippen LogP contribution >= 0.6 is 0 Å². The van der Waals surface area contributed by atoms with E-state index in [1.54, 1.807) is 0 Å². The van der Waals surface area contributed by atoms with Crippen molar-refractivity contribution in [3.63, 3.8) is 0 Å². The second-order valence-electron chi connectivity index (χ2n) is 3.21. The van der Waals surface area contributed by atoms with E-state index < -0.39 is 0 Å². The van der Waals surface area contributed by atoms with Gasteiger partial charge in [0.15, 0.2) is 0 Å². The Morgan fingerprint density at radius 3 is 2.92 bits per heavy atom. The summed E-state index contributed by atoms with van der Waals surface area (Å²) in [6, 6.07) is 6.45. The van der Waals surface area contributed by atoms with Crippen LogP contribution in [0, 0.1) is 6.92 Å². The van der Waals surface area contributed by atoms with E-state index >= 15 is 0 Å². The zero-order valence-electron chi connectivity index (χ0n) is 7.91. The van der Waals surface area contributed by atoms with Gasteiger partial charge in [0.05, 0.1) is 11.9 Å². The van der Waals surface area contributed by atoms with Gasteiger partial charge in [0.25, 0.3) is 0 Å². The highest BCUT2D eigenvalue weighted by molar-refractivity contribution is 5.83. The summed E-state index contributed by atoms with van der Waals surface area (Å²) in [6.07, 6.45) is 2.89. The third-order valence-corrected chi connectivity index (χ3v) is 2.32. The van der Waals surface area contributed by atoms with Gasteiger partial charge in [-0.05, 0) is 25.0 Å². The molecule has 0 N–H and O–H groups in total. The molecule has 0 bridgehead atoms. The van der Waals surface area contributed by atoms with Crippen molar-refractivity contribution in [3.05, 3.63) is 35.7 Å². The number of fused-ring (bicyclic) bond motifs is 1. The molecule has 2 heteroatoms. The molecule has 0 fully saturated rings. The predicted molar refractivity (Wildman–Crippen MR) is 53.7 cm³/mol. The molecular formula is C11H12N2. The molecule has 2 rings (SSSR count). The van der Waals surface area contributed by atoms with Crippen molar-refractivity contribution >= 4 is 10.8 Å². The SMILES string of the molecule is CCc1ccc2c(C)nncc2c1. The summed E-state index contributed by atoms with van der Waals surface area (Å²) >= 11 is 0. The molecule has 1 aromatic heterocycles. The minimum atomic E-state index is 1.00. The summed E-state index contributed by atoms with van der Waals surface area (Å²) in [5, 5.41) is 10.3. The van der Waals surface area contributed by atoms with Crippen molar-refractivity contribution in [2.75, 3.05) is 0 Å². The maximum Gasteiger partial charge on any atom is 0.0678 e. The highest BCUT2D eigenvalue weighted by Crippen LogP contribution is 2.16. The van der Waals surface area contributed by atoms with Crippen LogP contribution in [-0.2, 0) is 6.42 Å². The fraction of sp³-hybridized carbons (Fsp3) is 0.273. The Kier molecular flexibility index (Phi) is 1.97. The van der Waals surface area contributed by atoms with Crippen molar-refractivity contribution in [3.8, 4) is 0 Å². The lowest BCUT2D eigenvalue weighted by atomic mass is 10.1. The highest BCUT2D eigenvalue weighted by atomic mass is 15.1. The highest BCUT2D eigenvalue weighted by Gasteiger charge is 1.98. The van der Waals surface area contributed by atoms with Gasteiger partial charge in [-0.1, -0.05) is 19.1 Å². The first kappa shape index (κ1) is 8.17. The molecule has 0 radical (unpaired) electrons. The number of hydrogen-bond donors (Lipinski definition) is 0. The molecule has 0 amide bonds. The number of rotatable bonds is 1. The van der Waals surface area contributed by atoms with Crippen LogP contribution in [0.2, 0.25) is 0 Å². The van der Waals surface area contributed by atoms with Crippen LogP contribution in [-0.4, -0.2) is 10.2 Å². The van der Waals surface area contributed by atoms with Gasteiger partial charge in [0.1, 0.15) is 0 Å². The molecule has 0 atom stereocenters. The van der Waals surface area contributed by atoms with Crippen LogP contribution in [0.25, 0.3) is 10.8 Å². The lowest BCUT2D eigenvalue weighted by Gasteiger charge is -2.01. The van der Waals surface area contributed by atoms with Crippen molar-refractivity contribution in [1.82, 2.24) is 10.2 Å². The van der Waals surface area contributed by atoms with Crippen LogP contribution in [0.5, 0.6) is 0 Å². The number of nitrogens with zero attached hydrogens (tertiary/aromatic N) is 2. The number of benzene rings is 1. The smallest absolute Gasteiger partial charge is 0.0678 e. The van der Waals surface area contributed by atoms with Gasteiger partial charge in [-0.2, -0.15) is 10.2 Å². The van der Waals surface area contributed by atoms with Gasteiger partial charge in [-0.15, -0.1) is 0 Å². The predicted octanol–water partition coefficient (Wildman–Crippen LogP) is 2.50. The van der Waals surface area contributed by atoms with Gasteiger partial charge < -0.3 is 0 Å². The Balaban J connectivity index is 2.72. The average molecular weight is 172 g/mol. The minimum Gasteiger partial charge on any atom is -0.158 e. The van der Waals surface area contributed by atoms with Crippen molar-refractivity contribution in [2.45, 2.75) is 20.3 Å². The summed E-state index contributed by atoms with van der Waals surface area (Å²) in [5.41, 5.74) is 2.35. The molecule has 1 aromatic carbocycles. The quantitative estimate of drug-likeness (QED) is 0.660. The standard InChI is InChI=1S/C11H12N2/c1-3-9-4-5-11-8(2)13-12-7-10(11)6-9/h4-7H,3H2,1-2H3. The number of hydrogen-bond acceptors (Lipinski definition) is 2. The van der Waals surface area contributed by atoms with E-state index in [0.717, 1.165) is 12.1 Å². The Labute approximate surface area is 77.6 Å². The summed E-state index contributed by atoms with van der Waals surface area (Å²) in [4.78, 5) is 0. The van der Waals surface area contributed by atoms with Crippen LogP contribution in [0.1, 0.15) is 18.2 Å². The van der Waals surface area contributed by atoms with Gasteiger partial charge in [0, 0.05) is 10.8 Å². The third kappa shape index (κ3) is 1.39. The maximum atomic E-state index is 4.01.